The number of aromatic nitrogens is 1. The van der Waals surface area contributed by atoms with Crippen molar-refractivity contribution in [2.75, 3.05) is 0 Å². The van der Waals surface area contributed by atoms with E-state index in [1.165, 1.54) is 27.7 Å². The number of hydrogen-bond acceptors (Lipinski definition) is 3. The first-order valence-corrected chi connectivity index (χ1v) is 11.0. The third kappa shape index (κ3) is 4.49. The van der Waals surface area contributed by atoms with Crippen LogP contribution in [-0.4, -0.2) is 36.0 Å². The van der Waals surface area contributed by atoms with Gasteiger partial charge in [0.25, 0.3) is 0 Å². The Balaban J connectivity index is 0.00000289. The van der Waals surface area contributed by atoms with Gasteiger partial charge in [0.1, 0.15) is 0 Å². The summed E-state index contributed by atoms with van der Waals surface area (Å²) in [7, 11) is 3.61. The van der Waals surface area contributed by atoms with E-state index in [9.17, 15) is 0 Å². The zero-order valence-corrected chi connectivity index (χ0v) is 25.0. The molecule has 2 heterocycles. The van der Waals surface area contributed by atoms with Gasteiger partial charge in [-0.3, -0.25) is 5.92 Å². The molecule has 167 valence electrons. The van der Waals surface area contributed by atoms with E-state index in [4.69, 9.17) is 14.0 Å². The molecule has 1 saturated heterocycles. The number of fused-ring (bicyclic) bond motifs is 3. The molecule has 4 nitrogen and oxygen atoms in total. The van der Waals surface area contributed by atoms with Gasteiger partial charge in [0.05, 0.1) is 11.2 Å². The molecule has 2 aromatic carbocycles. The third-order valence-corrected chi connectivity index (χ3v) is 7.28. The van der Waals surface area contributed by atoms with Gasteiger partial charge in [0.2, 0.25) is 0 Å². The molecule has 1 aliphatic rings. The summed E-state index contributed by atoms with van der Waals surface area (Å²) in [5, 5.41) is 2.45. The number of nitrogens with zero attached hydrogens (tertiary/aromatic N) is 1. The van der Waals surface area contributed by atoms with Gasteiger partial charge in [-0.1, -0.05) is 49.2 Å². The molecule has 0 amide bonds. The zero-order chi connectivity index (χ0) is 22.8. The minimum Gasteiger partial charge on any atom is -0.460 e. The van der Waals surface area contributed by atoms with Gasteiger partial charge < -0.3 is 18.5 Å². The predicted molar refractivity (Wildman–Crippen MR) is 131 cm³/mol. The topological polar surface area (TPSA) is 32.6 Å². The van der Waals surface area contributed by atoms with Crippen LogP contribution < -0.4 is 10.9 Å². The summed E-state index contributed by atoms with van der Waals surface area (Å²) in [5.74, 6) is 1.24. The molecular formula is C25H33B2NO3U-. The average molecular weight is 655 g/mol. The second kappa shape index (κ2) is 8.82. The Morgan fingerprint density at radius 3 is 2.03 bits per heavy atom. The molecule has 4 rings (SSSR count). The summed E-state index contributed by atoms with van der Waals surface area (Å²) in [6.07, 6.45) is 0. The second-order valence-corrected chi connectivity index (χ2v) is 10.4. The molecule has 0 aliphatic carbocycles. The van der Waals surface area contributed by atoms with E-state index in [1.807, 2.05) is 7.48 Å². The maximum absolute atomic E-state index is 6.26. The van der Waals surface area contributed by atoms with Gasteiger partial charge in [0, 0.05) is 60.0 Å². The monoisotopic (exact) mass is 655 g/mol. The molecule has 1 aliphatic heterocycles. The van der Waals surface area contributed by atoms with Crippen LogP contribution >= 0.6 is 0 Å². The van der Waals surface area contributed by atoms with Gasteiger partial charge in [-0.2, -0.15) is 13.8 Å². The molecule has 0 saturated carbocycles. The molecule has 7 heteroatoms. The largest absolute Gasteiger partial charge is 0.494 e. The quantitative estimate of drug-likeness (QED) is 0.304. The molecule has 0 unspecified atom stereocenters. The zero-order valence-electron chi connectivity index (χ0n) is 20.8. The van der Waals surface area contributed by atoms with Gasteiger partial charge in [-0.25, -0.2) is 0 Å². The van der Waals surface area contributed by atoms with Crippen LogP contribution in [-0.2, 0) is 21.0 Å². The van der Waals surface area contributed by atoms with Crippen LogP contribution in [0.5, 0.6) is 0 Å². The van der Waals surface area contributed by atoms with Crippen molar-refractivity contribution in [3.63, 3.8) is 0 Å². The van der Waals surface area contributed by atoms with Crippen molar-refractivity contribution in [2.24, 2.45) is 7.05 Å². The van der Waals surface area contributed by atoms with Crippen molar-refractivity contribution in [3.8, 4) is 0 Å². The summed E-state index contributed by atoms with van der Waals surface area (Å²) >= 11 is 0. The molecule has 1 fully saturated rings. The Bertz CT molecular complexity index is 1120. The average Bonchev–Trinajstić information content (AvgIpc) is 3.09. The first-order valence-electron chi connectivity index (χ1n) is 11.0. The Morgan fingerprint density at radius 1 is 0.938 bits per heavy atom. The Kier molecular flexibility index (Phi) is 7.15. The van der Waals surface area contributed by atoms with Gasteiger partial charge in [0.15, 0.2) is 0 Å². The van der Waals surface area contributed by atoms with Crippen molar-refractivity contribution in [1.82, 2.24) is 4.57 Å². The first-order chi connectivity index (χ1) is 14.3. The van der Waals surface area contributed by atoms with E-state index in [-0.39, 0.29) is 55.0 Å². The van der Waals surface area contributed by atoms with Crippen LogP contribution in [0.1, 0.15) is 55.4 Å². The van der Waals surface area contributed by atoms with E-state index in [1.54, 1.807) is 0 Å². The molecule has 0 atom stereocenters. The van der Waals surface area contributed by atoms with Crippen LogP contribution in [0.4, 0.5) is 0 Å². The summed E-state index contributed by atoms with van der Waals surface area (Å²) in [4.78, 5) is 0. The van der Waals surface area contributed by atoms with E-state index in [2.05, 4.69) is 103 Å². The minimum absolute atomic E-state index is 0. The standard InChI is InChI=1S/C25H33B2NO3.U/c1-16(2)23(3,4)29-26-17-10-12-19-20-13-11-18(15-22(20)28(9)21(19)14-17)27-30-24(5,6)25(7,8)31-27;/h10-15H,1-9H3;/q-1;. The Morgan fingerprint density at radius 2 is 1.47 bits per heavy atom. The van der Waals surface area contributed by atoms with Crippen LogP contribution in [0.15, 0.2) is 36.4 Å². The van der Waals surface area contributed by atoms with E-state index in [0.29, 0.717) is 0 Å². The molecular weight excluding hydrogens is 622 g/mol. The maximum Gasteiger partial charge on any atom is 0.494 e. The number of rotatable bonds is 5. The fourth-order valence-corrected chi connectivity index (χ4v) is 3.77. The van der Waals surface area contributed by atoms with Crippen molar-refractivity contribution >= 4 is 47.3 Å². The van der Waals surface area contributed by atoms with Gasteiger partial charge in [-0.05, 0) is 45.3 Å². The maximum atomic E-state index is 6.26. The van der Waals surface area contributed by atoms with Crippen molar-refractivity contribution in [1.29, 1.82) is 0 Å². The molecule has 0 bridgehead atoms. The van der Waals surface area contributed by atoms with E-state index in [0.717, 1.165) is 10.9 Å². The molecule has 0 N–H and O–H groups in total. The normalized spacial score (nSPS) is 17.9. The van der Waals surface area contributed by atoms with Gasteiger partial charge >= 0.3 is 14.6 Å². The fraction of sp³-hybridized carbons (Fsp3) is 0.480. The number of aryl methyl sites for hydroxylation is 1. The van der Waals surface area contributed by atoms with Crippen molar-refractivity contribution in [2.45, 2.75) is 72.2 Å². The van der Waals surface area contributed by atoms with E-state index >= 15 is 0 Å². The Labute approximate surface area is 217 Å². The van der Waals surface area contributed by atoms with E-state index < -0.39 is 0 Å². The van der Waals surface area contributed by atoms with Crippen LogP contribution in [0.2, 0.25) is 0 Å². The smallest absolute Gasteiger partial charge is 0.460 e. The molecule has 1 radical (unpaired) electrons. The summed E-state index contributed by atoms with van der Waals surface area (Å²) in [6, 6.07) is 13.0. The van der Waals surface area contributed by atoms with Crippen LogP contribution in [0.3, 0.4) is 0 Å². The molecule has 0 spiro atoms. The fourth-order valence-electron chi connectivity index (χ4n) is 3.77. The van der Waals surface area contributed by atoms with Crippen molar-refractivity contribution in [3.05, 3.63) is 42.3 Å². The van der Waals surface area contributed by atoms with Gasteiger partial charge in [-0.15, -0.1) is 0 Å². The second-order valence-electron chi connectivity index (χ2n) is 10.4. The summed E-state index contributed by atoms with van der Waals surface area (Å²) in [5.41, 5.74) is 3.45. The number of hydrogen-bond donors (Lipinski definition) is 0. The molecule has 1 aromatic heterocycles. The number of benzene rings is 2. The summed E-state index contributed by atoms with van der Waals surface area (Å²) in [6.45, 7) is 16.7. The Hall–Kier alpha value is -0.698. The predicted octanol–water partition coefficient (Wildman–Crippen LogP) is 4.28. The summed E-state index contributed by atoms with van der Waals surface area (Å²) < 4.78 is 20.8. The first kappa shape index (κ1) is 25.9. The van der Waals surface area contributed by atoms with Crippen molar-refractivity contribution < 1.29 is 45.1 Å². The third-order valence-electron chi connectivity index (χ3n) is 7.28. The minimum atomic E-state index is -0.361. The van der Waals surface area contributed by atoms with Crippen LogP contribution in [0.25, 0.3) is 21.8 Å². The molecule has 32 heavy (non-hydrogen) atoms. The SMILES string of the molecule is C[C-](C)C(C)(C)O[B]c1ccc2c3ccc(B4OC(C)(C)C(C)(C)O4)cc3n(C)c2c1.[U]. The molecule has 3 aromatic rings. The van der Waals surface area contributed by atoms with Crippen LogP contribution in [0, 0.1) is 37.0 Å².